The van der Waals surface area contributed by atoms with Gasteiger partial charge in [0, 0.05) is 43.2 Å². The predicted octanol–water partition coefficient (Wildman–Crippen LogP) is 17.5. The average Bonchev–Trinajstić information content (AvgIpc) is 3.76. The van der Waals surface area contributed by atoms with Gasteiger partial charge < -0.3 is 4.90 Å². The minimum absolute atomic E-state index is 1.10. The highest BCUT2D eigenvalue weighted by atomic mass is 32.1. The lowest BCUT2D eigenvalue weighted by molar-refractivity contribution is 1.28. The van der Waals surface area contributed by atoms with E-state index in [-0.39, 0.29) is 0 Å². The molecule has 1 aromatic heterocycles. The van der Waals surface area contributed by atoms with Crippen molar-refractivity contribution in [2.45, 2.75) is 0 Å². The standard InChI is InChI=1S/C60H41NS/c1-6-18-42(19-7-1)44-30-36-50(37-31-44)61(51-38-32-45(33-39-51)43-20-8-2-9-21-43)52-40-34-49(35-41-52)59-57(48-26-14-5-15-27-48)58-54-29-17-16-28-53(54)55(46-22-10-3-11-23-46)56(60(58)62-59)47-24-12-4-13-25-47/h1-41H. The van der Waals surface area contributed by atoms with Crippen LogP contribution in [0.3, 0.4) is 0 Å². The summed E-state index contributed by atoms with van der Waals surface area (Å²) in [6, 6.07) is 90.1. The lowest BCUT2D eigenvalue weighted by atomic mass is 9.86. The SMILES string of the molecule is c1ccc(-c2ccc(N(c3ccc(-c4ccccc4)cc3)c3ccc(-c4sc5c(-c6ccccc6)c(-c6ccccc6)c6ccccc6c5c4-c4ccccc4)cc3)cc2)cc1. The number of anilines is 3. The van der Waals surface area contributed by atoms with Gasteiger partial charge >= 0.3 is 0 Å². The van der Waals surface area contributed by atoms with Gasteiger partial charge in [0.1, 0.15) is 0 Å². The third-order valence-corrected chi connectivity index (χ3v) is 13.1. The van der Waals surface area contributed by atoms with E-state index in [2.05, 4.69) is 254 Å². The molecule has 2 heteroatoms. The van der Waals surface area contributed by atoms with Crippen LogP contribution in [0.15, 0.2) is 249 Å². The van der Waals surface area contributed by atoms with Gasteiger partial charge in [0.25, 0.3) is 0 Å². The van der Waals surface area contributed by atoms with Gasteiger partial charge in [0.15, 0.2) is 0 Å². The number of thiophene rings is 1. The Labute approximate surface area is 367 Å². The summed E-state index contributed by atoms with van der Waals surface area (Å²) in [4.78, 5) is 3.63. The van der Waals surface area contributed by atoms with Crippen LogP contribution in [0.1, 0.15) is 0 Å². The molecule has 0 aliphatic carbocycles. The van der Waals surface area contributed by atoms with Crippen molar-refractivity contribution in [2.24, 2.45) is 0 Å². The Morgan fingerprint density at radius 2 is 0.565 bits per heavy atom. The van der Waals surface area contributed by atoms with Gasteiger partial charge in [-0.2, -0.15) is 0 Å². The molecule has 0 spiro atoms. The van der Waals surface area contributed by atoms with Crippen LogP contribution in [0.2, 0.25) is 0 Å². The fourth-order valence-corrected chi connectivity index (χ4v) is 10.4. The largest absolute Gasteiger partial charge is 0.311 e. The normalized spacial score (nSPS) is 11.2. The van der Waals surface area contributed by atoms with E-state index in [1.165, 1.54) is 86.9 Å². The van der Waals surface area contributed by atoms with Crippen molar-refractivity contribution in [1.29, 1.82) is 0 Å². The maximum atomic E-state index is 2.36. The molecule has 0 unspecified atom stereocenters. The molecule has 11 rings (SSSR count). The lowest BCUT2D eigenvalue weighted by Crippen LogP contribution is -2.09. The molecular formula is C60H41NS. The maximum Gasteiger partial charge on any atom is 0.0462 e. The molecule has 62 heavy (non-hydrogen) atoms. The molecule has 0 amide bonds. The fraction of sp³-hybridized carbons (Fsp3) is 0. The van der Waals surface area contributed by atoms with Gasteiger partial charge in [-0.25, -0.2) is 0 Å². The van der Waals surface area contributed by atoms with E-state index in [1.54, 1.807) is 0 Å². The van der Waals surface area contributed by atoms with E-state index in [0.29, 0.717) is 0 Å². The Morgan fingerprint density at radius 3 is 1.00 bits per heavy atom. The van der Waals surface area contributed by atoms with Crippen molar-refractivity contribution in [3.8, 4) is 66.1 Å². The molecule has 0 saturated heterocycles. The zero-order valence-electron chi connectivity index (χ0n) is 34.0. The van der Waals surface area contributed by atoms with Crippen molar-refractivity contribution < 1.29 is 0 Å². The zero-order chi connectivity index (χ0) is 41.2. The monoisotopic (exact) mass is 807 g/mol. The molecule has 0 radical (unpaired) electrons. The number of rotatable bonds is 9. The second-order valence-corrected chi connectivity index (χ2v) is 16.6. The molecular weight excluding hydrogens is 767 g/mol. The number of hydrogen-bond acceptors (Lipinski definition) is 2. The Balaban J connectivity index is 1.10. The van der Waals surface area contributed by atoms with Crippen LogP contribution in [-0.4, -0.2) is 0 Å². The number of nitrogens with zero attached hydrogens (tertiary/aromatic N) is 1. The van der Waals surface area contributed by atoms with Gasteiger partial charge in [0.05, 0.1) is 0 Å². The minimum atomic E-state index is 1.10. The van der Waals surface area contributed by atoms with E-state index in [0.717, 1.165) is 17.1 Å². The van der Waals surface area contributed by atoms with Gasteiger partial charge in [-0.05, 0) is 97.2 Å². The lowest BCUT2D eigenvalue weighted by Gasteiger charge is -2.26. The van der Waals surface area contributed by atoms with Crippen LogP contribution in [0.4, 0.5) is 17.1 Å². The van der Waals surface area contributed by atoms with Crippen LogP contribution in [-0.2, 0) is 0 Å². The topological polar surface area (TPSA) is 3.24 Å². The molecule has 0 bridgehead atoms. The summed E-state index contributed by atoms with van der Waals surface area (Å²) in [7, 11) is 0. The van der Waals surface area contributed by atoms with Crippen LogP contribution in [0, 0.1) is 0 Å². The Morgan fingerprint density at radius 1 is 0.242 bits per heavy atom. The third-order valence-electron chi connectivity index (χ3n) is 11.9. The quantitative estimate of drug-likeness (QED) is 0.140. The van der Waals surface area contributed by atoms with Gasteiger partial charge in [-0.3, -0.25) is 0 Å². The summed E-state index contributed by atoms with van der Waals surface area (Å²) < 4.78 is 1.30. The van der Waals surface area contributed by atoms with Crippen LogP contribution in [0.25, 0.3) is 86.9 Å². The van der Waals surface area contributed by atoms with E-state index < -0.39 is 0 Å². The van der Waals surface area contributed by atoms with Crippen LogP contribution < -0.4 is 4.90 Å². The highest BCUT2D eigenvalue weighted by Gasteiger charge is 2.25. The Hall–Kier alpha value is -7.78. The molecule has 0 saturated carbocycles. The number of fused-ring (bicyclic) bond motifs is 3. The van der Waals surface area contributed by atoms with Gasteiger partial charge in [-0.1, -0.05) is 212 Å². The van der Waals surface area contributed by atoms with Crippen molar-refractivity contribution in [3.05, 3.63) is 249 Å². The summed E-state index contributed by atoms with van der Waals surface area (Å²) in [5.41, 5.74) is 16.8. The highest BCUT2D eigenvalue weighted by molar-refractivity contribution is 7.24. The number of benzene rings is 10. The maximum absolute atomic E-state index is 2.36. The first-order valence-corrected chi connectivity index (χ1v) is 22.0. The van der Waals surface area contributed by atoms with Crippen molar-refractivity contribution in [2.75, 3.05) is 4.90 Å². The second kappa shape index (κ2) is 16.3. The first-order valence-electron chi connectivity index (χ1n) is 21.2. The molecule has 0 aliphatic rings. The van der Waals surface area contributed by atoms with E-state index in [1.807, 2.05) is 11.3 Å². The van der Waals surface area contributed by atoms with Crippen LogP contribution in [0.5, 0.6) is 0 Å². The molecule has 0 aliphatic heterocycles. The van der Waals surface area contributed by atoms with E-state index >= 15 is 0 Å². The highest BCUT2D eigenvalue weighted by Crippen LogP contribution is 2.54. The summed E-state index contributed by atoms with van der Waals surface area (Å²) in [5, 5.41) is 3.82. The minimum Gasteiger partial charge on any atom is -0.311 e. The summed E-state index contributed by atoms with van der Waals surface area (Å²) in [6.07, 6.45) is 0. The Bertz CT molecular complexity index is 3190. The number of hydrogen-bond donors (Lipinski definition) is 0. The molecule has 10 aromatic carbocycles. The molecule has 11 aromatic rings. The molecule has 1 nitrogen and oxygen atoms in total. The van der Waals surface area contributed by atoms with E-state index in [4.69, 9.17) is 0 Å². The third kappa shape index (κ3) is 6.87. The molecule has 1 heterocycles. The average molecular weight is 808 g/mol. The predicted molar refractivity (Wildman–Crippen MR) is 267 cm³/mol. The molecule has 0 N–H and O–H groups in total. The Kier molecular flexibility index (Phi) is 9.82. The van der Waals surface area contributed by atoms with Gasteiger partial charge in [-0.15, -0.1) is 11.3 Å². The van der Waals surface area contributed by atoms with Crippen molar-refractivity contribution >= 4 is 49.3 Å². The second-order valence-electron chi connectivity index (χ2n) is 15.6. The zero-order valence-corrected chi connectivity index (χ0v) is 34.8. The molecule has 0 fully saturated rings. The fourth-order valence-electron chi connectivity index (χ4n) is 8.98. The van der Waals surface area contributed by atoms with Crippen molar-refractivity contribution in [1.82, 2.24) is 0 Å². The smallest absolute Gasteiger partial charge is 0.0462 e. The van der Waals surface area contributed by atoms with Crippen molar-refractivity contribution in [3.63, 3.8) is 0 Å². The van der Waals surface area contributed by atoms with Gasteiger partial charge in [0.2, 0.25) is 0 Å². The summed E-state index contributed by atoms with van der Waals surface area (Å²) in [5.74, 6) is 0. The molecule has 0 atom stereocenters. The first kappa shape index (κ1) is 37.2. The van der Waals surface area contributed by atoms with Crippen LogP contribution >= 0.6 is 11.3 Å². The molecule has 292 valence electrons. The summed E-state index contributed by atoms with van der Waals surface area (Å²) in [6.45, 7) is 0. The van der Waals surface area contributed by atoms with E-state index in [9.17, 15) is 0 Å². The summed E-state index contributed by atoms with van der Waals surface area (Å²) >= 11 is 1.91. The first-order chi connectivity index (χ1) is 30.8.